The summed E-state index contributed by atoms with van der Waals surface area (Å²) in [4.78, 5) is 11.9. The molecule has 1 aliphatic heterocycles. The molecule has 1 saturated carbocycles. The Kier molecular flexibility index (Phi) is 3.45. The molecule has 0 amide bonds. The van der Waals surface area contributed by atoms with Gasteiger partial charge in [-0.05, 0) is 49.8 Å². The van der Waals surface area contributed by atoms with E-state index in [1.54, 1.807) is 0 Å². The molecular formula is C17H22O3. The normalized spacial score (nSPS) is 24.6. The van der Waals surface area contributed by atoms with Crippen LogP contribution in [0.1, 0.15) is 56.6 Å². The molecule has 1 aromatic rings. The number of ether oxygens (including phenoxy) is 1. The molecule has 3 rings (SSSR count). The SMILES string of the molecule is CC1CCc2cc(C3(C(=O)O)CCCCC3)ccc2O1. The van der Waals surface area contributed by atoms with Gasteiger partial charge in [0.2, 0.25) is 0 Å². The Morgan fingerprint density at radius 3 is 2.75 bits per heavy atom. The zero-order valence-electron chi connectivity index (χ0n) is 12.0. The fourth-order valence-corrected chi connectivity index (χ4v) is 3.60. The largest absolute Gasteiger partial charge is 0.490 e. The molecule has 3 heteroatoms. The average Bonchev–Trinajstić information content (AvgIpc) is 2.47. The molecule has 1 N–H and O–H groups in total. The fraction of sp³-hybridized carbons (Fsp3) is 0.588. The second kappa shape index (κ2) is 5.12. The first-order valence-corrected chi connectivity index (χ1v) is 7.65. The summed E-state index contributed by atoms with van der Waals surface area (Å²) in [5, 5.41) is 9.76. The van der Waals surface area contributed by atoms with Crippen LogP contribution in [0.25, 0.3) is 0 Å². The van der Waals surface area contributed by atoms with Gasteiger partial charge in [-0.15, -0.1) is 0 Å². The Morgan fingerprint density at radius 1 is 1.30 bits per heavy atom. The molecule has 1 atom stereocenters. The van der Waals surface area contributed by atoms with Crippen molar-refractivity contribution in [1.82, 2.24) is 0 Å². The third-order valence-corrected chi connectivity index (χ3v) is 4.88. The topological polar surface area (TPSA) is 46.5 Å². The van der Waals surface area contributed by atoms with Gasteiger partial charge in [-0.25, -0.2) is 0 Å². The van der Waals surface area contributed by atoms with Gasteiger partial charge in [0.15, 0.2) is 0 Å². The molecule has 20 heavy (non-hydrogen) atoms. The van der Waals surface area contributed by atoms with Crippen LogP contribution < -0.4 is 4.74 Å². The lowest BCUT2D eigenvalue weighted by atomic mass is 9.69. The Hall–Kier alpha value is -1.51. The molecule has 1 fully saturated rings. The van der Waals surface area contributed by atoms with Crippen molar-refractivity contribution in [2.24, 2.45) is 0 Å². The van der Waals surface area contributed by atoms with Crippen molar-refractivity contribution in [2.45, 2.75) is 63.4 Å². The Balaban J connectivity index is 1.98. The maximum atomic E-state index is 11.9. The Morgan fingerprint density at radius 2 is 2.05 bits per heavy atom. The third kappa shape index (κ3) is 2.19. The van der Waals surface area contributed by atoms with Gasteiger partial charge in [0.25, 0.3) is 0 Å². The molecule has 3 nitrogen and oxygen atoms in total. The summed E-state index contributed by atoms with van der Waals surface area (Å²) in [7, 11) is 0. The van der Waals surface area contributed by atoms with Crippen molar-refractivity contribution < 1.29 is 14.6 Å². The van der Waals surface area contributed by atoms with Crippen molar-refractivity contribution in [2.75, 3.05) is 0 Å². The van der Waals surface area contributed by atoms with E-state index in [1.165, 1.54) is 5.56 Å². The summed E-state index contributed by atoms with van der Waals surface area (Å²) >= 11 is 0. The summed E-state index contributed by atoms with van der Waals surface area (Å²) in [5.74, 6) is 0.270. The quantitative estimate of drug-likeness (QED) is 0.894. The number of carbonyl (C=O) groups is 1. The third-order valence-electron chi connectivity index (χ3n) is 4.88. The highest BCUT2D eigenvalue weighted by molar-refractivity contribution is 5.81. The van der Waals surface area contributed by atoms with Crippen LogP contribution in [-0.2, 0) is 16.6 Å². The van der Waals surface area contributed by atoms with E-state index in [1.807, 2.05) is 12.1 Å². The number of carboxylic acid groups (broad SMARTS) is 1. The van der Waals surface area contributed by atoms with E-state index >= 15 is 0 Å². The molecule has 0 spiro atoms. The monoisotopic (exact) mass is 274 g/mol. The van der Waals surface area contributed by atoms with E-state index in [0.29, 0.717) is 0 Å². The predicted octanol–water partition coefficient (Wildman–Crippen LogP) is 3.69. The first-order valence-electron chi connectivity index (χ1n) is 7.65. The van der Waals surface area contributed by atoms with Crippen LogP contribution in [0.3, 0.4) is 0 Å². The second-order valence-electron chi connectivity index (χ2n) is 6.24. The highest BCUT2D eigenvalue weighted by Crippen LogP contribution is 2.41. The number of aliphatic carboxylic acids is 1. The molecule has 1 heterocycles. The maximum absolute atomic E-state index is 11.9. The molecule has 0 saturated heterocycles. The molecule has 1 aromatic carbocycles. The second-order valence-corrected chi connectivity index (χ2v) is 6.24. The lowest BCUT2D eigenvalue weighted by Gasteiger charge is -2.34. The average molecular weight is 274 g/mol. The van der Waals surface area contributed by atoms with Gasteiger partial charge in [-0.1, -0.05) is 31.4 Å². The van der Waals surface area contributed by atoms with Crippen LogP contribution in [0.15, 0.2) is 18.2 Å². The zero-order valence-corrected chi connectivity index (χ0v) is 12.0. The Labute approximate surface area is 120 Å². The minimum Gasteiger partial charge on any atom is -0.490 e. The molecule has 1 unspecified atom stereocenters. The van der Waals surface area contributed by atoms with E-state index in [9.17, 15) is 9.90 Å². The highest BCUT2D eigenvalue weighted by atomic mass is 16.5. The molecule has 0 bridgehead atoms. The molecule has 2 aliphatic rings. The lowest BCUT2D eigenvalue weighted by Crippen LogP contribution is -2.38. The van der Waals surface area contributed by atoms with E-state index in [-0.39, 0.29) is 6.10 Å². The van der Waals surface area contributed by atoms with Crippen molar-refractivity contribution in [3.05, 3.63) is 29.3 Å². The first kappa shape index (κ1) is 13.5. The molecule has 0 radical (unpaired) electrons. The van der Waals surface area contributed by atoms with Crippen LogP contribution in [0.2, 0.25) is 0 Å². The highest BCUT2D eigenvalue weighted by Gasteiger charge is 2.41. The summed E-state index contributed by atoms with van der Waals surface area (Å²) in [6.45, 7) is 2.08. The van der Waals surface area contributed by atoms with Crippen LogP contribution >= 0.6 is 0 Å². The number of benzene rings is 1. The number of rotatable bonds is 2. The first-order chi connectivity index (χ1) is 9.62. The van der Waals surface area contributed by atoms with Gasteiger partial charge in [0.05, 0.1) is 11.5 Å². The van der Waals surface area contributed by atoms with Crippen LogP contribution in [0.5, 0.6) is 5.75 Å². The van der Waals surface area contributed by atoms with Crippen LogP contribution in [-0.4, -0.2) is 17.2 Å². The van der Waals surface area contributed by atoms with Crippen molar-refractivity contribution in [1.29, 1.82) is 0 Å². The Bertz CT molecular complexity index is 515. The van der Waals surface area contributed by atoms with E-state index in [2.05, 4.69) is 13.0 Å². The summed E-state index contributed by atoms with van der Waals surface area (Å²) in [6, 6.07) is 6.02. The lowest BCUT2D eigenvalue weighted by molar-refractivity contribution is -0.145. The van der Waals surface area contributed by atoms with E-state index < -0.39 is 11.4 Å². The number of hydrogen-bond donors (Lipinski definition) is 1. The van der Waals surface area contributed by atoms with Crippen LogP contribution in [0, 0.1) is 0 Å². The zero-order chi connectivity index (χ0) is 14.2. The predicted molar refractivity (Wildman–Crippen MR) is 77.3 cm³/mol. The fourth-order valence-electron chi connectivity index (χ4n) is 3.60. The van der Waals surface area contributed by atoms with Gasteiger partial charge >= 0.3 is 5.97 Å². The number of aryl methyl sites for hydroxylation is 1. The van der Waals surface area contributed by atoms with Crippen molar-refractivity contribution in [3.8, 4) is 5.75 Å². The van der Waals surface area contributed by atoms with E-state index in [4.69, 9.17) is 4.74 Å². The van der Waals surface area contributed by atoms with Crippen molar-refractivity contribution in [3.63, 3.8) is 0 Å². The maximum Gasteiger partial charge on any atom is 0.314 e. The summed E-state index contributed by atoms with van der Waals surface area (Å²) < 4.78 is 5.82. The standard InChI is InChI=1S/C17H22O3/c1-12-5-6-13-11-14(7-8-15(13)20-12)17(16(18)19)9-3-2-4-10-17/h7-8,11-12H,2-6,9-10H2,1H3,(H,18,19). The summed E-state index contributed by atoms with van der Waals surface area (Å²) in [6.07, 6.45) is 6.96. The van der Waals surface area contributed by atoms with Gasteiger partial charge in [-0.2, -0.15) is 0 Å². The van der Waals surface area contributed by atoms with Crippen LogP contribution in [0.4, 0.5) is 0 Å². The van der Waals surface area contributed by atoms with Gasteiger partial charge in [0, 0.05) is 0 Å². The number of carboxylic acids is 1. The van der Waals surface area contributed by atoms with Gasteiger partial charge in [-0.3, -0.25) is 4.79 Å². The van der Waals surface area contributed by atoms with E-state index in [0.717, 1.165) is 56.3 Å². The number of fused-ring (bicyclic) bond motifs is 1. The van der Waals surface area contributed by atoms with Crippen molar-refractivity contribution >= 4 is 5.97 Å². The minimum atomic E-state index is -0.670. The minimum absolute atomic E-state index is 0.261. The molecule has 1 aliphatic carbocycles. The van der Waals surface area contributed by atoms with Gasteiger partial charge < -0.3 is 9.84 Å². The van der Waals surface area contributed by atoms with Gasteiger partial charge in [0.1, 0.15) is 5.75 Å². The number of hydrogen-bond acceptors (Lipinski definition) is 2. The molecule has 0 aromatic heterocycles. The summed E-state index contributed by atoms with van der Waals surface area (Å²) in [5.41, 5.74) is 1.48. The molecule has 108 valence electrons. The molecular weight excluding hydrogens is 252 g/mol. The smallest absolute Gasteiger partial charge is 0.314 e.